The van der Waals surface area contributed by atoms with Crippen molar-refractivity contribution in [1.82, 2.24) is 0 Å². The van der Waals surface area contributed by atoms with Gasteiger partial charge in [0.05, 0.1) is 0 Å². The normalized spacial score (nSPS) is 16.7. The molecule has 0 aliphatic carbocycles. The molecule has 1 aliphatic rings. The lowest BCUT2D eigenvalue weighted by atomic mass is 9.84. The summed E-state index contributed by atoms with van der Waals surface area (Å²) in [6.07, 6.45) is -0.439. The minimum atomic E-state index is -0.505. The molecule has 0 bridgehead atoms. The molecular weight excluding hydrogens is 264 g/mol. The maximum atomic E-state index is 11.9. The second kappa shape index (κ2) is 4.79. The van der Waals surface area contributed by atoms with Crippen molar-refractivity contribution >= 4 is 17.5 Å². The molecule has 0 unspecified atom stereocenters. The zero-order valence-corrected chi connectivity index (χ0v) is 13.7. The van der Waals surface area contributed by atoms with Crippen LogP contribution in [0.1, 0.15) is 40.2 Å². The Balaban J connectivity index is 2.25. The molecule has 1 aromatic rings. The summed E-state index contributed by atoms with van der Waals surface area (Å²) < 4.78 is 5.28. The molecule has 114 valence electrons. The van der Waals surface area contributed by atoms with Crippen molar-refractivity contribution in [3.63, 3.8) is 0 Å². The number of carbonyl (C=O) groups is 1. The van der Waals surface area contributed by atoms with Gasteiger partial charge >= 0.3 is 6.09 Å². The second-order valence-electron chi connectivity index (χ2n) is 6.99. The highest BCUT2D eigenvalue weighted by Crippen LogP contribution is 2.46. The highest BCUT2D eigenvalue weighted by molar-refractivity contribution is 5.86. The average molecular weight is 288 g/mol. The van der Waals surface area contributed by atoms with Crippen LogP contribution in [0.2, 0.25) is 0 Å². The molecule has 21 heavy (non-hydrogen) atoms. The zero-order chi connectivity index (χ0) is 16.0. The zero-order valence-electron chi connectivity index (χ0n) is 13.7. The van der Waals surface area contributed by atoms with Crippen LogP contribution in [0.4, 0.5) is 16.2 Å². The van der Waals surface area contributed by atoms with Crippen LogP contribution in [0.15, 0.2) is 30.5 Å². The largest absolute Gasteiger partial charge is 0.444 e. The van der Waals surface area contributed by atoms with Gasteiger partial charge in [0, 0.05) is 29.5 Å². The third kappa shape index (κ3) is 2.89. The van der Waals surface area contributed by atoms with Gasteiger partial charge in [-0.25, -0.2) is 4.79 Å². The van der Waals surface area contributed by atoms with E-state index >= 15 is 0 Å². The summed E-state index contributed by atoms with van der Waals surface area (Å²) in [5, 5.41) is 2.79. The van der Waals surface area contributed by atoms with E-state index in [2.05, 4.69) is 30.6 Å². The third-order valence-corrected chi connectivity index (χ3v) is 3.80. The number of hydrogen-bond donors (Lipinski definition) is 1. The number of rotatable bonds is 1. The summed E-state index contributed by atoms with van der Waals surface area (Å²) >= 11 is 0. The van der Waals surface area contributed by atoms with Crippen LogP contribution in [0.25, 0.3) is 0 Å². The van der Waals surface area contributed by atoms with Gasteiger partial charge in [-0.05, 0) is 44.5 Å². The molecule has 1 heterocycles. The Morgan fingerprint density at radius 3 is 2.52 bits per heavy atom. The average Bonchev–Trinajstić information content (AvgIpc) is 2.49. The Kier molecular flexibility index (Phi) is 3.52. The van der Waals surface area contributed by atoms with Crippen LogP contribution >= 0.6 is 0 Å². The minimum absolute atomic E-state index is 0.143. The first-order valence-electron chi connectivity index (χ1n) is 7.10. The van der Waals surface area contributed by atoms with Crippen LogP contribution in [-0.4, -0.2) is 18.7 Å². The van der Waals surface area contributed by atoms with Crippen molar-refractivity contribution in [3.8, 4) is 0 Å². The predicted molar refractivity (Wildman–Crippen MR) is 86.9 cm³/mol. The summed E-state index contributed by atoms with van der Waals surface area (Å²) in [6, 6.07) is 5.88. The number of amides is 1. The molecule has 0 saturated carbocycles. The molecule has 1 aromatic carbocycles. The molecule has 0 spiro atoms. The first kappa shape index (κ1) is 15.4. The summed E-state index contributed by atoms with van der Waals surface area (Å²) in [5.74, 6) is 0. The summed E-state index contributed by atoms with van der Waals surface area (Å²) in [4.78, 5) is 13.9. The van der Waals surface area contributed by atoms with E-state index in [1.807, 2.05) is 46.0 Å². The van der Waals surface area contributed by atoms with Gasteiger partial charge in [0.1, 0.15) is 5.60 Å². The number of anilines is 2. The van der Waals surface area contributed by atoms with E-state index in [1.165, 1.54) is 0 Å². The van der Waals surface area contributed by atoms with Gasteiger partial charge in [0.25, 0.3) is 0 Å². The lowest BCUT2D eigenvalue weighted by Gasteiger charge is -2.22. The van der Waals surface area contributed by atoms with E-state index in [9.17, 15) is 4.79 Å². The Morgan fingerprint density at radius 1 is 1.33 bits per heavy atom. The number of fused-ring (bicyclic) bond motifs is 1. The molecule has 1 amide bonds. The van der Waals surface area contributed by atoms with E-state index in [4.69, 9.17) is 4.74 Å². The first-order chi connectivity index (χ1) is 9.52. The van der Waals surface area contributed by atoms with Gasteiger partial charge in [-0.2, -0.15) is 0 Å². The lowest BCUT2D eigenvalue weighted by Crippen LogP contribution is -2.27. The number of likely N-dealkylation sites (N-methyl/N-ethyl adjacent to an activating group) is 1. The number of nitrogens with zero attached hydrogens (tertiary/aromatic N) is 1. The number of carbonyl (C=O) groups excluding carboxylic acids is 1. The van der Waals surface area contributed by atoms with E-state index in [0.29, 0.717) is 0 Å². The topological polar surface area (TPSA) is 41.6 Å². The minimum Gasteiger partial charge on any atom is -0.444 e. The fourth-order valence-corrected chi connectivity index (χ4v) is 2.55. The van der Waals surface area contributed by atoms with Crippen molar-refractivity contribution in [2.24, 2.45) is 0 Å². The molecule has 2 rings (SSSR count). The van der Waals surface area contributed by atoms with E-state index in [0.717, 1.165) is 22.6 Å². The summed E-state index contributed by atoms with van der Waals surface area (Å²) in [5.41, 5.74) is 3.42. The number of benzene rings is 1. The number of nitrogens with one attached hydrogen (secondary N) is 1. The Morgan fingerprint density at radius 2 is 1.95 bits per heavy atom. The fraction of sp³-hybridized carbons (Fsp3) is 0.471. The Hall–Kier alpha value is -1.97. The van der Waals surface area contributed by atoms with Crippen LogP contribution in [0.3, 0.4) is 0 Å². The smallest absolute Gasteiger partial charge is 0.412 e. The third-order valence-electron chi connectivity index (χ3n) is 3.80. The summed E-state index contributed by atoms with van der Waals surface area (Å²) in [6.45, 7) is 14.0. The van der Waals surface area contributed by atoms with Crippen molar-refractivity contribution in [2.45, 2.75) is 45.6 Å². The maximum absolute atomic E-state index is 11.9. The van der Waals surface area contributed by atoms with Crippen LogP contribution in [0, 0.1) is 0 Å². The maximum Gasteiger partial charge on any atom is 0.412 e. The van der Waals surface area contributed by atoms with Gasteiger partial charge < -0.3 is 9.64 Å². The van der Waals surface area contributed by atoms with Gasteiger partial charge in [-0.1, -0.05) is 20.4 Å². The number of allylic oxidation sites excluding steroid dienone is 1. The molecule has 1 aliphatic heterocycles. The Bertz CT molecular complexity index is 597. The van der Waals surface area contributed by atoms with Crippen molar-refractivity contribution in [1.29, 1.82) is 0 Å². The van der Waals surface area contributed by atoms with E-state index in [-0.39, 0.29) is 5.41 Å². The van der Waals surface area contributed by atoms with Gasteiger partial charge in [0.2, 0.25) is 0 Å². The molecule has 0 saturated heterocycles. The standard InChI is InChI=1S/C17H24N2O2/c1-11-17(5,6)13-10-12(8-9-14(13)19(11)7)18-15(20)21-16(2,3)4/h8-10H,1H2,2-7H3,(H,18,20). The molecule has 0 atom stereocenters. The molecule has 0 aromatic heterocycles. The molecule has 1 N–H and O–H groups in total. The summed E-state index contributed by atoms with van der Waals surface area (Å²) in [7, 11) is 2.01. The lowest BCUT2D eigenvalue weighted by molar-refractivity contribution is 0.0636. The van der Waals surface area contributed by atoms with Gasteiger partial charge in [-0.15, -0.1) is 0 Å². The molecule has 0 fully saturated rings. The monoisotopic (exact) mass is 288 g/mol. The quantitative estimate of drug-likeness (QED) is 0.839. The highest BCUT2D eigenvalue weighted by Gasteiger charge is 2.37. The number of hydrogen-bond acceptors (Lipinski definition) is 3. The van der Waals surface area contributed by atoms with Crippen LogP contribution in [0.5, 0.6) is 0 Å². The van der Waals surface area contributed by atoms with Crippen molar-refractivity contribution < 1.29 is 9.53 Å². The second-order valence-corrected chi connectivity index (χ2v) is 6.99. The van der Waals surface area contributed by atoms with Crippen LogP contribution < -0.4 is 10.2 Å². The van der Waals surface area contributed by atoms with Crippen LogP contribution in [-0.2, 0) is 10.2 Å². The molecule has 4 nitrogen and oxygen atoms in total. The van der Waals surface area contributed by atoms with Gasteiger partial charge in [-0.3, -0.25) is 5.32 Å². The number of ether oxygens (including phenoxy) is 1. The van der Waals surface area contributed by atoms with Gasteiger partial charge in [0.15, 0.2) is 0 Å². The molecule has 0 radical (unpaired) electrons. The SMILES string of the molecule is C=C1N(C)c2ccc(NC(=O)OC(C)(C)C)cc2C1(C)C. The van der Waals surface area contributed by atoms with E-state index in [1.54, 1.807) is 0 Å². The first-order valence-corrected chi connectivity index (χ1v) is 7.10. The van der Waals surface area contributed by atoms with Crippen molar-refractivity contribution in [2.75, 3.05) is 17.3 Å². The molecular formula is C17H24N2O2. The van der Waals surface area contributed by atoms with Crippen molar-refractivity contribution in [3.05, 3.63) is 36.0 Å². The fourth-order valence-electron chi connectivity index (χ4n) is 2.55. The highest BCUT2D eigenvalue weighted by atomic mass is 16.6. The predicted octanol–water partition coefficient (Wildman–Crippen LogP) is 4.27. The van der Waals surface area contributed by atoms with E-state index < -0.39 is 11.7 Å². The Labute approximate surface area is 126 Å². The molecule has 4 heteroatoms.